The van der Waals surface area contributed by atoms with Crippen molar-refractivity contribution in [2.75, 3.05) is 13.2 Å². The minimum Gasteiger partial charge on any atom is -0.396 e. The normalized spacial score (nSPS) is 36.7. The highest BCUT2D eigenvalue weighted by atomic mass is 16.3. The van der Waals surface area contributed by atoms with E-state index in [1.165, 1.54) is 38.5 Å². The van der Waals surface area contributed by atoms with Crippen molar-refractivity contribution in [1.29, 1.82) is 0 Å². The molecule has 0 spiro atoms. The van der Waals surface area contributed by atoms with Gasteiger partial charge in [-0.05, 0) is 37.6 Å². The van der Waals surface area contributed by atoms with E-state index in [2.05, 4.69) is 5.32 Å². The van der Waals surface area contributed by atoms with Crippen molar-refractivity contribution in [3.63, 3.8) is 0 Å². The predicted molar refractivity (Wildman–Crippen MR) is 53.6 cm³/mol. The van der Waals surface area contributed by atoms with E-state index in [4.69, 9.17) is 0 Å². The van der Waals surface area contributed by atoms with Gasteiger partial charge >= 0.3 is 0 Å². The Labute approximate surface area is 80.7 Å². The molecule has 0 aromatic heterocycles. The summed E-state index contributed by atoms with van der Waals surface area (Å²) in [6.45, 7) is 1.50. The second kappa shape index (κ2) is 4.43. The van der Waals surface area contributed by atoms with E-state index in [1.54, 1.807) is 0 Å². The summed E-state index contributed by atoms with van der Waals surface area (Å²) in [7, 11) is 0. The maximum Gasteiger partial charge on any atom is 0.0474 e. The van der Waals surface area contributed by atoms with Crippen LogP contribution in [-0.4, -0.2) is 24.3 Å². The molecule has 1 aliphatic carbocycles. The average Bonchev–Trinajstić information content (AvgIpc) is 2.67. The van der Waals surface area contributed by atoms with E-state index < -0.39 is 0 Å². The maximum absolute atomic E-state index is 9.23. The lowest BCUT2D eigenvalue weighted by molar-refractivity contribution is 0.169. The van der Waals surface area contributed by atoms with Gasteiger partial charge in [0, 0.05) is 12.6 Å². The van der Waals surface area contributed by atoms with Gasteiger partial charge in [0.1, 0.15) is 0 Å². The van der Waals surface area contributed by atoms with Crippen LogP contribution in [0.3, 0.4) is 0 Å². The molecule has 0 aromatic carbocycles. The van der Waals surface area contributed by atoms with E-state index >= 15 is 0 Å². The molecule has 1 saturated heterocycles. The fraction of sp³-hybridized carbons (Fsp3) is 1.00. The van der Waals surface area contributed by atoms with Gasteiger partial charge in [-0.1, -0.05) is 19.3 Å². The van der Waals surface area contributed by atoms with Crippen LogP contribution in [0.4, 0.5) is 0 Å². The van der Waals surface area contributed by atoms with E-state index in [-0.39, 0.29) is 0 Å². The number of aliphatic hydroxyl groups is 1. The summed E-state index contributed by atoms with van der Waals surface area (Å²) in [4.78, 5) is 0. The molecule has 0 aromatic rings. The van der Waals surface area contributed by atoms with Gasteiger partial charge in [0.15, 0.2) is 0 Å². The lowest BCUT2D eigenvalue weighted by atomic mass is 9.80. The van der Waals surface area contributed by atoms with Crippen LogP contribution in [0, 0.1) is 11.8 Å². The van der Waals surface area contributed by atoms with Gasteiger partial charge in [-0.3, -0.25) is 0 Å². The largest absolute Gasteiger partial charge is 0.396 e. The quantitative estimate of drug-likeness (QED) is 0.680. The van der Waals surface area contributed by atoms with Crippen LogP contribution in [0.5, 0.6) is 0 Å². The van der Waals surface area contributed by atoms with Gasteiger partial charge < -0.3 is 10.4 Å². The second-order valence-corrected chi connectivity index (χ2v) is 4.61. The van der Waals surface area contributed by atoms with Crippen LogP contribution in [-0.2, 0) is 0 Å². The molecule has 0 unspecified atom stereocenters. The second-order valence-electron chi connectivity index (χ2n) is 4.61. The molecule has 1 aliphatic heterocycles. The molecule has 2 N–H and O–H groups in total. The molecular weight excluding hydrogens is 162 g/mol. The summed E-state index contributed by atoms with van der Waals surface area (Å²) in [5.74, 6) is 1.40. The Balaban J connectivity index is 1.90. The first-order valence-corrected chi connectivity index (χ1v) is 5.76. The molecule has 0 radical (unpaired) electrons. The van der Waals surface area contributed by atoms with Crippen molar-refractivity contribution in [3.05, 3.63) is 0 Å². The molecule has 0 amide bonds. The van der Waals surface area contributed by atoms with Crippen molar-refractivity contribution >= 4 is 0 Å². The minimum atomic E-state index is 0.383. The molecule has 2 heteroatoms. The van der Waals surface area contributed by atoms with Gasteiger partial charge in [0.05, 0.1) is 0 Å². The fourth-order valence-electron chi connectivity index (χ4n) is 3.03. The van der Waals surface area contributed by atoms with Crippen LogP contribution in [0.25, 0.3) is 0 Å². The van der Waals surface area contributed by atoms with E-state index in [0.29, 0.717) is 18.6 Å². The molecular formula is C11H21NO. The number of hydrogen-bond donors (Lipinski definition) is 2. The smallest absolute Gasteiger partial charge is 0.0474 e. The summed E-state index contributed by atoms with van der Waals surface area (Å²) in [5.41, 5.74) is 0. The molecule has 2 nitrogen and oxygen atoms in total. The van der Waals surface area contributed by atoms with Crippen LogP contribution < -0.4 is 5.32 Å². The first-order valence-electron chi connectivity index (χ1n) is 5.76. The lowest BCUT2D eigenvalue weighted by Crippen LogP contribution is -2.37. The molecule has 2 rings (SSSR count). The first kappa shape index (κ1) is 9.47. The number of hydrogen-bond acceptors (Lipinski definition) is 2. The van der Waals surface area contributed by atoms with Crippen molar-refractivity contribution < 1.29 is 5.11 Å². The standard InChI is InChI=1S/C11H21NO/c13-8-10-6-7-12-11(10)9-4-2-1-3-5-9/h9-13H,1-8H2/t10-,11+/m0/s1. The third-order valence-electron chi connectivity index (χ3n) is 3.80. The Morgan fingerprint density at radius 3 is 2.54 bits per heavy atom. The summed E-state index contributed by atoms with van der Waals surface area (Å²) < 4.78 is 0. The summed E-state index contributed by atoms with van der Waals surface area (Å²) in [6.07, 6.45) is 8.18. The summed E-state index contributed by atoms with van der Waals surface area (Å²) >= 11 is 0. The Kier molecular flexibility index (Phi) is 3.23. The molecule has 1 heterocycles. The highest BCUT2D eigenvalue weighted by Gasteiger charge is 2.33. The number of rotatable bonds is 2. The summed E-state index contributed by atoms with van der Waals surface area (Å²) in [6, 6.07) is 0.630. The zero-order chi connectivity index (χ0) is 9.10. The fourth-order valence-corrected chi connectivity index (χ4v) is 3.03. The third-order valence-corrected chi connectivity index (χ3v) is 3.80. The predicted octanol–water partition coefficient (Wildman–Crippen LogP) is 1.54. The average molecular weight is 183 g/mol. The van der Waals surface area contributed by atoms with Crippen molar-refractivity contribution in [1.82, 2.24) is 5.32 Å². The van der Waals surface area contributed by atoms with Crippen molar-refractivity contribution in [2.45, 2.75) is 44.6 Å². The molecule has 2 fully saturated rings. The summed E-state index contributed by atoms with van der Waals surface area (Å²) in [5, 5.41) is 12.8. The Morgan fingerprint density at radius 2 is 1.85 bits per heavy atom. The van der Waals surface area contributed by atoms with Crippen molar-refractivity contribution in [3.8, 4) is 0 Å². The highest BCUT2D eigenvalue weighted by molar-refractivity contribution is 4.89. The van der Waals surface area contributed by atoms with Crippen LogP contribution in [0.15, 0.2) is 0 Å². The van der Waals surface area contributed by atoms with E-state index in [9.17, 15) is 5.11 Å². The topological polar surface area (TPSA) is 32.3 Å². The Hall–Kier alpha value is -0.0800. The zero-order valence-electron chi connectivity index (χ0n) is 8.34. The molecule has 0 bridgehead atoms. The number of aliphatic hydroxyl groups excluding tert-OH is 1. The third kappa shape index (κ3) is 2.05. The number of nitrogens with one attached hydrogen (secondary N) is 1. The van der Waals surface area contributed by atoms with Gasteiger partial charge in [-0.15, -0.1) is 0 Å². The lowest BCUT2D eigenvalue weighted by Gasteiger charge is -2.30. The van der Waals surface area contributed by atoms with Gasteiger partial charge in [0.25, 0.3) is 0 Å². The molecule has 2 aliphatic rings. The van der Waals surface area contributed by atoms with Crippen molar-refractivity contribution in [2.24, 2.45) is 11.8 Å². The highest BCUT2D eigenvalue weighted by Crippen LogP contribution is 2.32. The maximum atomic E-state index is 9.23. The monoisotopic (exact) mass is 183 g/mol. The Morgan fingerprint density at radius 1 is 1.08 bits per heavy atom. The van der Waals surface area contributed by atoms with E-state index in [0.717, 1.165) is 12.5 Å². The van der Waals surface area contributed by atoms with E-state index in [1.807, 2.05) is 0 Å². The Bertz CT molecular complexity index is 154. The molecule has 13 heavy (non-hydrogen) atoms. The zero-order valence-corrected chi connectivity index (χ0v) is 8.34. The first-order chi connectivity index (χ1) is 6.42. The van der Waals surface area contributed by atoms with Gasteiger partial charge in [-0.25, -0.2) is 0 Å². The molecule has 1 saturated carbocycles. The minimum absolute atomic E-state index is 0.383. The van der Waals surface area contributed by atoms with Crippen LogP contribution in [0.2, 0.25) is 0 Å². The van der Waals surface area contributed by atoms with Gasteiger partial charge in [0.2, 0.25) is 0 Å². The molecule has 2 atom stereocenters. The van der Waals surface area contributed by atoms with Gasteiger partial charge in [-0.2, -0.15) is 0 Å². The van der Waals surface area contributed by atoms with Crippen LogP contribution >= 0.6 is 0 Å². The van der Waals surface area contributed by atoms with Crippen LogP contribution in [0.1, 0.15) is 38.5 Å². The SMILES string of the molecule is OC[C@@H]1CCN[C@@H]1C1CCCCC1. The molecule has 76 valence electrons.